The lowest BCUT2D eigenvalue weighted by Gasteiger charge is -2.27. The summed E-state index contributed by atoms with van der Waals surface area (Å²) in [5.74, 6) is -0.905. The second kappa shape index (κ2) is 7.44. The third-order valence-electron chi connectivity index (χ3n) is 2.37. The van der Waals surface area contributed by atoms with E-state index in [-0.39, 0.29) is 19.0 Å². The van der Waals surface area contributed by atoms with Crippen LogP contribution in [0, 0.1) is 0 Å². The number of carboxylic acids is 1. The van der Waals surface area contributed by atoms with Crippen molar-refractivity contribution in [2.75, 3.05) is 26.4 Å². The van der Waals surface area contributed by atoms with E-state index in [1.807, 2.05) is 0 Å². The largest absolute Gasteiger partial charge is 0.481 e. The van der Waals surface area contributed by atoms with E-state index in [2.05, 4.69) is 10.0 Å². The molecule has 0 aliphatic rings. The maximum atomic E-state index is 11.7. The van der Waals surface area contributed by atoms with Crippen LogP contribution in [-0.4, -0.2) is 62.4 Å². The molecule has 3 N–H and O–H groups in total. The van der Waals surface area contributed by atoms with Crippen molar-refractivity contribution >= 4 is 22.0 Å². The van der Waals surface area contributed by atoms with Crippen LogP contribution in [0.15, 0.2) is 0 Å². The van der Waals surface area contributed by atoms with Gasteiger partial charge in [0.25, 0.3) is 0 Å². The molecule has 0 rings (SSSR count). The maximum Gasteiger partial charge on any atom is 0.317 e. The number of nitrogens with one attached hydrogen (secondary N) is 2. The Morgan fingerprint density at radius 2 is 1.85 bits per heavy atom. The molecule has 0 fully saturated rings. The van der Waals surface area contributed by atoms with Gasteiger partial charge in [-0.2, -0.15) is 0 Å². The highest BCUT2D eigenvalue weighted by Crippen LogP contribution is 2.02. The van der Waals surface area contributed by atoms with Gasteiger partial charge >= 0.3 is 12.0 Å². The van der Waals surface area contributed by atoms with E-state index in [1.165, 1.54) is 4.90 Å². The van der Waals surface area contributed by atoms with E-state index in [0.717, 1.165) is 6.26 Å². The molecule has 0 aromatic rings. The third kappa shape index (κ3) is 9.56. The normalized spacial score (nSPS) is 12.0. The van der Waals surface area contributed by atoms with E-state index < -0.39 is 21.5 Å². The van der Waals surface area contributed by atoms with Gasteiger partial charge in [-0.1, -0.05) is 0 Å². The van der Waals surface area contributed by atoms with Gasteiger partial charge in [0.05, 0.1) is 6.26 Å². The van der Waals surface area contributed by atoms with Crippen molar-refractivity contribution in [3.63, 3.8) is 0 Å². The van der Waals surface area contributed by atoms with Crippen LogP contribution in [0.3, 0.4) is 0 Å². The van der Waals surface area contributed by atoms with Gasteiger partial charge in [-0.3, -0.25) is 4.79 Å². The lowest BCUT2D eigenvalue weighted by Crippen LogP contribution is -2.52. The van der Waals surface area contributed by atoms with Gasteiger partial charge in [0.1, 0.15) is 0 Å². The second-order valence-electron chi connectivity index (χ2n) is 5.34. The molecular formula is C11H23N3O5S. The minimum absolute atomic E-state index is 0.00124. The molecule has 0 aromatic heterocycles. The molecule has 0 aliphatic carbocycles. The van der Waals surface area contributed by atoms with Crippen molar-refractivity contribution in [3.8, 4) is 0 Å². The number of amides is 2. The van der Waals surface area contributed by atoms with Crippen LogP contribution in [0.25, 0.3) is 0 Å². The monoisotopic (exact) mass is 309 g/mol. The summed E-state index contributed by atoms with van der Waals surface area (Å²) in [7, 11) is -1.80. The predicted octanol–water partition coefficient (Wildman–Crippen LogP) is -0.180. The SMILES string of the molecule is CN(CCCC(=O)O)C(=O)NCC(C)(C)NS(C)(=O)=O. The maximum absolute atomic E-state index is 11.7. The van der Waals surface area contributed by atoms with Gasteiger partial charge in [-0.25, -0.2) is 17.9 Å². The van der Waals surface area contributed by atoms with Gasteiger partial charge in [0.2, 0.25) is 10.0 Å². The Labute approximate surface area is 119 Å². The van der Waals surface area contributed by atoms with Gasteiger partial charge in [0.15, 0.2) is 0 Å². The number of hydrogen-bond donors (Lipinski definition) is 3. The molecule has 0 aliphatic heterocycles. The molecule has 0 bridgehead atoms. The zero-order chi connectivity index (χ0) is 16.0. The summed E-state index contributed by atoms with van der Waals surface area (Å²) >= 11 is 0. The minimum Gasteiger partial charge on any atom is -0.481 e. The van der Waals surface area contributed by atoms with Crippen molar-refractivity contribution < 1.29 is 23.1 Å². The molecular weight excluding hydrogens is 286 g/mol. The molecule has 0 spiro atoms. The van der Waals surface area contributed by atoms with Gasteiger partial charge in [-0.15, -0.1) is 0 Å². The molecule has 9 heteroatoms. The molecule has 0 atom stereocenters. The quantitative estimate of drug-likeness (QED) is 0.575. The Balaban J connectivity index is 4.17. The van der Waals surface area contributed by atoms with Crippen molar-refractivity contribution in [2.45, 2.75) is 32.2 Å². The fourth-order valence-electron chi connectivity index (χ4n) is 1.54. The number of sulfonamides is 1. The molecule has 0 unspecified atom stereocenters. The second-order valence-corrected chi connectivity index (χ2v) is 7.08. The summed E-state index contributed by atoms with van der Waals surface area (Å²) < 4.78 is 24.7. The van der Waals surface area contributed by atoms with Crippen molar-refractivity contribution in [1.82, 2.24) is 14.9 Å². The Hall–Kier alpha value is -1.35. The van der Waals surface area contributed by atoms with Crippen LogP contribution >= 0.6 is 0 Å². The molecule has 2 amide bonds. The first-order valence-corrected chi connectivity index (χ1v) is 8.02. The molecule has 0 saturated carbocycles. The average Bonchev–Trinajstić information content (AvgIpc) is 2.22. The number of rotatable bonds is 8. The fourth-order valence-corrected chi connectivity index (χ4v) is 2.61. The van der Waals surface area contributed by atoms with E-state index in [9.17, 15) is 18.0 Å². The zero-order valence-corrected chi connectivity index (χ0v) is 13.1. The highest BCUT2D eigenvalue weighted by molar-refractivity contribution is 7.88. The minimum atomic E-state index is -3.35. The Morgan fingerprint density at radius 1 is 1.30 bits per heavy atom. The van der Waals surface area contributed by atoms with Crippen LogP contribution in [-0.2, 0) is 14.8 Å². The third-order valence-corrected chi connectivity index (χ3v) is 3.30. The molecule has 8 nitrogen and oxygen atoms in total. The first-order valence-electron chi connectivity index (χ1n) is 6.13. The molecule has 0 heterocycles. The van der Waals surface area contributed by atoms with E-state index in [1.54, 1.807) is 20.9 Å². The summed E-state index contributed by atoms with van der Waals surface area (Å²) in [6, 6.07) is -0.376. The number of carbonyl (C=O) groups is 2. The zero-order valence-electron chi connectivity index (χ0n) is 12.3. The van der Waals surface area contributed by atoms with Gasteiger partial charge < -0.3 is 15.3 Å². The highest BCUT2D eigenvalue weighted by Gasteiger charge is 2.23. The average molecular weight is 309 g/mol. The fraction of sp³-hybridized carbons (Fsp3) is 0.818. The summed E-state index contributed by atoms with van der Waals surface area (Å²) in [6.45, 7) is 3.75. The topological polar surface area (TPSA) is 116 Å². The van der Waals surface area contributed by atoms with E-state index in [4.69, 9.17) is 5.11 Å². The number of carboxylic acid groups (broad SMARTS) is 1. The summed E-state index contributed by atoms with van der Waals surface area (Å²) in [4.78, 5) is 23.4. The molecule has 118 valence electrons. The lowest BCUT2D eigenvalue weighted by atomic mass is 10.1. The number of urea groups is 1. The van der Waals surface area contributed by atoms with Crippen LogP contribution < -0.4 is 10.0 Å². The van der Waals surface area contributed by atoms with Crippen LogP contribution in [0.1, 0.15) is 26.7 Å². The number of carbonyl (C=O) groups excluding carboxylic acids is 1. The van der Waals surface area contributed by atoms with Crippen molar-refractivity contribution in [2.24, 2.45) is 0 Å². The number of aliphatic carboxylic acids is 1. The van der Waals surface area contributed by atoms with Gasteiger partial charge in [-0.05, 0) is 20.3 Å². The summed E-state index contributed by atoms with van der Waals surface area (Å²) in [5, 5.41) is 11.1. The van der Waals surface area contributed by atoms with Crippen molar-refractivity contribution in [3.05, 3.63) is 0 Å². The summed E-state index contributed by atoms with van der Waals surface area (Å²) in [5.41, 5.74) is -0.800. The predicted molar refractivity (Wildman–Crippen MR) is 75.0 cm³/mol. The van der Waals surface area contributed by atoms with E-state index >= 15 is 0 Å². The Morgan fingerprint density at radius 3 is 2.30 bits per heavy atom. The number of nitrogens with zero attached hydrogens (tertiary/aromatic N) is 1. The smallest absolute Gasteiger partial charge is 0.317 e. The van der Waals surface area contributed by atoms with Gasteiger partial charge in [0, 0.05) is 32.1 Å². The highest BCUT2D eigenvalue weighted by atomic mass is 32.2. The van der Waals surface area contributed by atoms with E-state index in [0.29, 0.717) is 13.0 Å². The lowest BCUT2D eigenvalue weighted by molar-refractivity contribution is -0.137. The first-order chi connectivity index (χ1) is 8.93. The first kappa shape index (κ1) is 18.7. The Kier molecular flexibility index (Phi) is 6.94. The molecule has 0 radical (unpaired) electrons. The number of hydrogen-bond acceptors (Lipinski definition) is 4. The standard InChI is InChI=1S/C11H23N3O5S/c1-11(2,13-20(4,18)19)8-12-10(17)14(3)7-5-6-9(15)16/h13H,5-8H2,1-4H3,(H,12,17)(H,15,16). The Bertz CT molecular complexity index is 447. The van der Waals surface area contributed by atoms with Crippen LogP contribution in [0.4, 0.5) is 4.79 Å². The summed E-state index contributed by atoms with van der Waals surface area (Å²) in [6.07, 6.45) is 1.41. The molecule has 20 heavy (non-hydrogen) atoms. The van der Waals surface area contributed by atoms with Crippen LogP contribution in [0.5, 0.6) is 0 Å². The molecule has 0 saturated heterocycles. The molecule has 0 aromatic carbocycles. The van der Waals surface area contributed by atoms with Crippen LogP contribution in [0.2, 0.25) is 0 Å². The van der Waals surface area contributed by atoms with Crippen molar-refractivity contribution in [1.29, 1.82) is 0 Å².